The Kier molecular flexibility index (Phi) is 5.15. The number of imidazole rings is 1. The molecular weight excluding hydrogens is 438 g/mol. The highest BCUT2D eigenvalue weighted by atomic mass is 79.9. The molecule has 0 amide bonds. The normalized spacial score (nSPS) is 10.9. The number of aromatic nitrogens is 4. The first-order valence-corrected chi connectivity index (χ1v) is 8.84. The lowest BCUT2D eigenvalue weighted by Crippen LogP contribution is -2.06. The van der Waals surface area contributed by atoms with E-state index in [1.54, 1.807) is 6.08 Å². The van der Waals surface area contributed by atoms with E-state index in [1.807, 2.05) is 28.8 Å². The summed E-state index contributed by atoms with van der Waals surface area (Å²) in [5, 5.41) is 0. The molecule has 24 heavy (non-hydrogen) atoms. The highest BCUT2D eigenvalue weighted by molar-refractivity contribution is 9.10. The van der Waals surface area contributed by atoms with Gasteiger partial charge in [-0.25, -0.2) is 4.98 Å². The molecule has 0 spiro atoms. The highest BCUT2D eigenvalue weighted by Crippen LogP contribution is 2.26. The van der Waals surface area contributed by atoms with Crippen LogP contribution >= 0.6 is 31.9 Å². The first kappa shape index (κ1) is 16.9. The van der Waals surface area contributed by atoms with Gasteiger partial charge in [-0.1, -0.05) is 34.1 Å². The van der Waals surface area contributed by atoms with Crippen molar-refractivity contribution in [2.75, 3.05) is 12.3 Å². The van der Waals surface area contributed by atoms with Gasteiger partial charge >= 0.3 is 6.01 Å². The maximum atomic E-state index is 6.01. The zero-order chi connectivity index (χ0) is 17.1. The fourth-order valence-corrected chi connectivity index (χ4v) is 3.15. The molecular formula is C16H15Br2N5O. The number of nitrogens with zero attached hydrogens (tertiary/aromatic N) is 4. The molecule has 1 aromatic carbocycles. The van der Waals surface area contributed by atoms with E-state index >= 15 is 0 Å². The molecule has 124 valence electrons. The Hall–Kier alpha value is -1.93. The molecule has 0 saturated heterocycles. The molecule has 0 unspecified atom stereocenters. The summed E-state index contributed by atoms with van der Waals surface area (Å²) < 4.78 is 9.11. The summed E-state index contributed by atoms with van der Waals surface area (Å²) in [5.74, 6) is 0.294. The largest absolute Gasteiger partial charge is 0.463 e. The van der Waals surface area contributed by atoms with E-state index in [0.29, 0.717) is 41.3 Å². The molecule has 0 bridgehead atoms. The molecule has 2 aromatic heterocycles. The fraction of sp³-hybridized carbons (Fsp3) is 0.188. The molecule has 0 aliphatic rings. The summed E-state index contributed by atoms with van der Waals surface area (Å²) in [7, 11) is 0. The van der Waals surface area contributed by atoms with Gasteiger partial charge < -0.3 is 10.5 Å². The third-order valence-corrected chi connectivity index (χ3v) is 4.44. The van der Waals surface area contributed by atoms with Crippen LogP contribution in [0.2, 0.25) is 0 Å². The topological polar surface area (TPSA) is 78.9 Å². The number of fused-ring (bicyclic) bond motifs is 1. The van der Waals surface area contributed by atoms with Crippen molar-refractivity contribution >= 4 is 48.8 Å². The smallest absolute Gasteiger partial charge is 0.320 e. The maximum Gasteiger partial charge on any atom is 0.320 e. The number of halogens is 2. The van der Waals surface area contributed by atoms with Crippen molar-refractivity contribution in [3.63, 3.8) is 0 Å². The number of nitrogen functional groups attached to an aromatic ring is 1. The molecule has 2 heterocycles. The summed E-state index contributed by atoms with van der Waals surface area (Å²) >= 11 is 6.95. The number of nitrogens with two attached hydrogens (primary N) is 1. The zero-order valence-electron chi connectivity index (χ0n) is 12.7. The van der Waals surface area contributed by atoms with Crippen molar-refractivity contribution in [3.8, 4) is 6.01 Å². The van der Waals surface area contributed by atoms with Gasteiger partial charge in [-0.2, -0.15) is 9.97 Å². The Morgan fingerprint density at radius 3 is 2.83 bits per heavy atom. The van der Waals surface area contributed by atoms with E-state index in [0.717, 1.165) is 10.0 Å². The van der Waals surface area contributed by atoms with Crippen molar-refractivity contribution in [2.45, 2.75) is 13.0 Å². The average Bonchev–Trinajstić information content (AvgIpc) is 2.85. The van der Waals surface area contributed by atoms with Gasteiger partial charge in [0.05, 0.1) is 13.2 Å². The molecule has 0 radical (unpaired) electrons. The molecule has 0 aliphatic heterocycles. The molecule has 8 heteroatoms. The second-order valence-electron chi connectivity index (χ2n) is 5.09. The van der Waals surface area contributed by atoms with Crippen molar-refractivity contribution in [2.24, 2.45) is 0 Å². The van der Waals surface area contributed by atoms with Gasteiger partial charge in [-0.15, -0.1) is 6.58 Å². The highest BCUT2D eigenvalue weighted by Gasteiger charge is 2.16. The third-order valence-electron chi connectivity index (χ3n) is 3.34. The van der Waals surface area contributed by atoms with Gasteiger partial charge in [-0.05, 0) is 40.0 Å². The van der Waals surface area contributed by atoms with Gasteiger partial charge in [0.15, 0.2) is 21.7 Å². The Bertz CT molecular complexity index is 894. The second-order valence-corrected chi connectivity index (χ2v) is 6.71. The van der Waals surface area contributed by atoms with Crippen LogP contribution in [0.3, 0.4) is 0 Å². The van der Waals surface area contributed by atoms with E-state index in [-0.39, 0.29) is 6.01 Å². The van der Waals surface area contributed by atoms with Crippen molar-refractivity contribution in [1.82, 2.24) is 19.5 Å². The van der Waals surface area contributed by atoms with Crippen LogP contribution in [0.25, 0.3) is 11.2 Å². The monoisotopic (exact) mass is 451 g/mol. The van der Waals surface area contributed by atoms with Gasteiger partial charge in [0.25, 0.3) is 0 Å². The van der Waals surface area contributed by atoms with Gasteiger partial charge in [0.2, 0.25) is 0 Å². The molecule has 0 atom stereocenters. The van der Waals surface area contributed by atoms with Crippen molar-refractivity contribution in [3.05, 3.63) is 51.7 Å². The summed E-state index contributed by atoms with van der Waals surface area (Å²) in [4.78, 5) is 13.0. The van der Waals surface area contributed by atoms with E-state index in [4.69, 9.17) is 10.5 Å². The summed E-state index contributed by atoms with van der Waals surface area (Å²) in [6.07, 6.45) is 2.48. The van der Waals surface area contributed by atoms with Gasteiger partial charge in [0, 0.05) is 4.47 Å². The van der Waals surface area contributed by atoms with Crippen LogP contribution in [0, 0.1) is 0 Å². The van der Waals surface area contributed by atoms with Crippen LogP contribution in [-0.4, -0.2) is 26.1 Å². The number of hydrogen-bond acceptors (Lipinski definition) is 5. The zero-order valence-corrected chi connectivity index (χ0v) is 15.9. The number of hydrogen-bond donors (Lipinski definition) is 1. The Labute approximate surface area is 156 Å². The van der Waals surface area contributed by atoms with Crippen LogP contribution < -0.4 is 10.5 Å². The van der Waals surface area contributed by atoms with E-state index in [9.17, 15) is 0 Å². The minimum atomic E-state index is 0.241. The van der Waals surface area contributed by atoms with Crippen LogP contribution in [-0.2, 0) is 6.54 Å². The van der Waals surface area contributed by atoms with Crippen LogP contribution in [0.5, 0.6) is 6.01 Å². The second kappa shape index (κ2) is 7.31. The molecule has 0 saturated carbocycles. The number of anilines is 1. The third kappa shape index (κ3) is 3.59. The van der Waals surface area contributed by atoms with Gasteiger partial charge in [-0.3, -0.25) is 4.57 Å². The molecule has 0 aliphatic carbocycles. The van der Waals surface area contributed by atoms with Crippen LogP contribution in [0.15, 0.2) is 46.1 Å². The van der Waals surface area contributed by atoms with Crippen molar-refractivity contribution in [1.29, 1.82) is 0 Å². The minimum absolute atomic E-state index is 0.241. The maximum absolute atomic E-state index is 6.01. The lowest BCUT2D eigenvalue weighted by molar-refractivity contribution is 0.300. The summed E-state index contributed by atoms with van der Waals surface area (Å²) in [6, 6.07) is 8.29. The van der Waals surface area contributed by atoms with E-state index in [1.165, 1.54) is 0 Å². The van der Waals surface area contributed by atoms with Crippen molar-refractivity contribution < 1.29 is 4.74 Å². The lowest BCUT2D eigenvalue weighted by Gasteiger charge is -2.08. The van der Waals surface area contributed by atoms with Gasteiger partial charge in [0.1, 0.15) is 0 Å². The first-order valence-electron chi connectivity index (χ1n) is 7.26. The van der Waals surface area contributed by atoms with E-state index < -0.39 is 0 Å². The Morgan fingerprint density at radius 2 is 2.08 bits per heavy atom. The molecule has 0 fully saturated rings. The average molecular weight is 453 g/mol. The van der Waals surface area contributed by atoms with Crippen LogP contribution in [0.4, 0.5) is 5.82 Å². The van der Waals surface area contributed by atoms with Crippen LogP contribution in [0.1, 0.15) is 12.0 Å². The summed E-state index contributed by atoms with van der Waals surface area (Å²) in [6.45, 7) is 4.71. The Morgan fingerprint density at radius 1 is 1.25 bits per heavy atom. The number of ether oxygens (including phenoxy) is 1. The summed E-state index contributed by atoms with van der Waals surface area (Å²) in [5.41, 5.74) is 8.29. The molecule has 2 N–H and O–H groups in total. The predicted molar refractivity (Wildman–Crippen MR) is 101 cm³/mol. The standard InChI is InChI=1S/C16H15Br2N5O/c1-2-3-7-24-16-21-13(19)12-14(22-16)23(15(18)20-12)9-10-5-4-6-11(17)8-10/h2,4-6,8H,1,3,7,9H2,(H2,19,21,22). The number of benzene rings is 1. The quantitative estimate of drug-likeness (QED) is 0.348. The first-order chi connectivity index (χ1) is 11.6. The molecule has 6 nitrogen and oxygen atoms in total. The molecule has 3 aromatic rings. The molecule has 3 rings (SSSR count). The predicted octanol–water partition coefficient (Wildman–Crippen LogP) is 3.94. The fourth-order valence-electron chi connectivity index (χ4n) is 2.23. The lowest BCUT2D eigenvalue weighted by atomic mass is 10.2. The SMILES string of the molecule is C=CCCOc1nc(N)c2nc(Br)n(Cc3cccc(Br)c3)c2n1. The minimum Gasteiger partial charge on any atom is -0.463 e. The Balaban J connectivity index is 2.00. The van der Waals surface area contributed by atoms with E-state index in [2.05, 4.69) is 53.4 Å². The number of rotatable bonds is 6.